The second-order valence-corrected chi connectivity index (χ2v) is 3.29. The summed E-state index contributed by atoms with van der Waals surface area (Å²) >= 11 is 0. The Kier molecular flexibility index (Phi) is 4.03. The van der Waals surface area contributed by atoms with Crippen molar-refractivity contribution >= 4 is 0 Å². The maximum absolute atomic E-state index is 5.61. The molecule has 0 aliphatic heterocycles. The van der Waals surface area contributed by atoms with Crippen LogP contribution in [0.4, 0.5) is 0 Å². The summed E-state index contributed by atoms with van der Waals surface area (Å²) in [7, 11) is 1.64. The molecule has 5 heteroatoms. The molecule has 14 heavy (non-hydrogen) atoms. The third-order valence-corrected chi connectivity index (χ3v) is 1.97. The van der Waals surface area contributed by atoms with E-state index in [2.05, 4.69) is 17.1 Å². The molecule has 0 saturated carbocycles. The first-order valence-corrected chi connectivity index (χ1v) is 4.80. The first-order valence-electron chi connectivity index (χ1n) is 4.80. The Morgan fingerprint density at radius 2 is 2.29 bits per heavy atom. The Bertz CT molecular complexity index is 273. The molecular weight excluding hydrogens is 182 g/mol. The van der Waals surface area contributed by atoms with E-state index in [9.17, 15) is 0 Å². The average molecular weight is 199 g/mol. The lowest BCUT2D eigenvalue weighted by molar-refractivity contribution is 0.0854. The summed E-state index contributed by atoms with van der Waals surface area (Å²) in [5, 5.41) is 3.84. The molecule has 1 rings (SSSR count). The lowest BCUT2D eigenvalue weighted by Crippen LogP contribution is -2.07. The van der Waals surface area contributed by atoms with Gasteiger partial charge in [0.15, 0.2) is 0 Å². The van der Waals surface area contributed by atoms with Gasteiger partial charge >= 0.3 is 0 Å². The second-order valence-electron chi connectivity index (χ2n) is 3.29. The van der Waals surface area contributed by atoms with Crippen molar-refractivity contribution in [2.75, 3.05) is 7.11 Å². The molecule has 0 spiro atoms. The quantitative estimate of drug-likeness (QED) is 0.779. The SMILES string of the molecule is CCCC(OC)c1noc([C@H](C)N)n1. The molecule has 1 unspecified atom stereocenters. The minimum atomic E-state index is -0.226. The van der Waals surface area contributed by atoms with Crippen molar-refractivity contribution in [2.45, 2.75) is 38.8 Å². The average Bonchev–Trinajstić information content (AvgIpc) is 2.63. The molecule has 1 aromatic heterocycles. The van der Waals surface area contributed by atoms with Gasteiger partial charge in [-0.1, -0.05) is 18.5 Å². The Hall–Kier alpha value is -0.940. The van der Waals surface area contributed by atoms with E-state index < -0.39 is 0 Å². The van der Waals surface area contributed by atoms with E-state index in [-0.39, 0.29) is 12.1 Å². The van der Waals surface area contributed by atoms with E-state index >= 15 is 0 Å². The first-order chi connectivity index (χ1) is 6.69. The Morgan fingerprint density at radius 1 is 1.57 bits per heavy atom. The van der Waals surface area contributed by atoms with Gasteiger partial charge in [-0.3, -0.25) is 0 Å². The molecule has 0 bridgehead atoms. The highest BCUT2D eigenvalue weighted by Crippen LogP contribution is 2.19. The number of methoxy groups -OCH3 is 1. The van der Waals surface area contributed by atoms with Crippen molar-refractivity contribution in [3.05, 3.63) is 11.7 Å². The largest absolute Gasteiger partial charge is 0.373 e. The summed E-state index contributed by atoms with van der Waals surface area (Å²) in [6, 6.07) is -0.226. The van der Waals surface area contributed by atoms with Crippen molar-refractivity contribution in [2.24, 2.45) is 5.73 Å². The summed E-state index contributed by atoms with van der Waals surface area (Å²) in [5.74, 6) is 1.04. The summed E-state index contributed by atoms with van der Waals surface area (Å²) in [4.78, 5) is 4.17. The zero-order valence-electron chi connectivity index (χ0n) is 8.86. The molecule has 1 heterocycles. The number of aromatic nitrogens is 2. The van der Waals surface area contributed by atoms with Gasteiger partial charge in [0.2, 0.25) is 11.7 Å². The molecule has 0 saturated heterocycles. The molecule has 0 amide bonds. The van der Waals surface area contributed by atoms with Crippen LogP contribution in [0.25, 0.3) is 0 Å². The number of nitrogens with zero attached hydrogens (tertiary/aromatic N) is 2. The predicted octanol–water partition coefficient (Wildman–Crippen LogP) is 1.58. The van der Waals surface area contributed by atoms with E-state index in [0.717, 1.165) is 12.8 Å². The Balaban J connectivity index is 2.73. The molecule has 2 N–H and O–H groups in total. The number of nitrogens with two attached hydrogens (primary N) is 1. The van der Waals surface area contributed by atoms with Crippen molar-refractivity contribution in [3.8, 4) is 0 Å². The van der Waals surface area contributed by atoms with Crippen LogP contribution in [0.15, 0.2) is 4.52 Å². The molecule has 2 atom stereocenters. The van der Waals surface area contributed by atoms with Crippen LogP contribution in [0.1, 0.15) is 50.6 Å². The second kappa shape index (κ2) is 5.07. The fourth-order valence-electron chi connectivity index (χ4n) is 1.18. The molecule has 0 fully saturated rings. The van der Waals surface area contributed by atoms with Gasteiger partial charge in [0, 0.05) is 7.11 Å². The minimum absolute atomic E-state index is 0.0868. The van der Waals surface area contributed by atoms with Crippen LogP contribution in [0.3, 0.4) is 0 Å². The fraction of sp³-hybridized carbons (Fsp3) is 0.778. The summed E-state index contributed by atoms with van der Waals surface area (Å²) < 4.78 is 10.2. The molecule has 1 aromatic rings. The van der Waals surface area contributed by atoms with Crippen LogP contribution in [0.2, 0.25) is 0 Å². The van der Waals surface area contributed by atoms with Crippen molar-refractivity contribution in [1.29, 1.82) is 0 Å². The Labute approximate surface area is 83.6 Å². The molecule has 0 aliphatic carbocycles. The van der Waals surface area contributed by atoms with E-state index in [1.54, 1.807) is 14.0 Å². The van der Waals surface area contributed by atoms with Crippen LogP contribution < -0.4 is 5.73 Å². The van der Waals surface area contributed by atoms with Crippen molar-refractivity contribution < 1.29 is 9.26 Å². The number of hydrogen-bond acceptors (Lipinski definition) is 5. The summed E-state index contributed by atoms with van der Waals surface area (Å²) in [5.41, 5.74) is 5.61. The maximum Gasteiger partial charge on any atom is 0.243 e. The zero-order chi connectivity index (χ0) is 10.6. The monoisotopic (exact) mass is 199 g/mol. The molecular formula is C9H17N3O2. The lowest BCUT2D eigenvalue weighted by atomic mass is 10.2. The smallest absolute Gasteiger partial charge is 0.243 e. The summed E-state index contributed by atoms with van der Waals surface area (Å²) in [6.07, 6.45) is 1.81. The summed E-state index contributed by atoms with van der Waals surface area (Å²) in [6.45, 7) is 3.89. The van der Waals surface area contributed by atoms with E-state index in [1.165, 1.54) is 0 Å². The standard InChI is InChI=1S/C9H17N3O2/c1-4-5-7(13-3)8-11-9(6(2)10)14-12-8/h6-7H,4-5,10H2,1-3H3/t6-,7?/m0/s1. The van der Waals surface area contributed by atoms with Gasteiger partial charge in [-0.2, -0.15) is 4.98 Å². The van der Waals surface area contributed by atoms with Gasteiger partial charge in [0.05, 0.1) is 6.04 Å². The van der Waals surface area contributed by atoms with Crippen molar-refractivity contribution in [1.82, 2.24) is 10.1 Å². The molecule has 5 nitrogen and oxygen atoms in total. The highest BCUT2D eigenvalue weighted by Gasteiger charge is 2.18. The van der Waals surface area contributed by atoms with Crippen LogP contribution in [-0.4, -0.2) is 17.3 Å². The maximum atomic E-state index is 5.61. The van der Waals surface area contributed by atoms with Gasteiger partial charge in [-0.25, -0.2) is 0 Å². The van der Waals surface area contributed by atoms with E-state index in [1.807, 2.05) is 0 Å². The van der Waals surface area contributed by atoms with Gasteiger partial charge in [-0.05, 0) is 13.3 Å². The minimum Gasteiger partial charge on any atom is -0.373 e. The van der Waals surface area contributed by atoms with Crippen LogP contribution in [0, 0.1) is 0 Å². The highest BCUT2D eigenvalue weighted by molar-refractivity contribution is 4.93. The molecule has 0 aromatic carbocycles. The van der Waals surface area contributed by atoms with E-state index in [0.29, 0.717) is 11.7 Å². The molecule has 0 radical (unpaired) electrons. The van der Waals surface area contributed by atoms with Gasteiger partial charge in [0.25, 0.3) is 0 Å². The normalized spacial score (nSPS) is 15.4. The van der Waals surface area contributed by atoms with Crippen LogP contribution in [0.5, 0.6) is 0 Å². The number of rotatable bonds is 5. The number of ether oxygens (including phenoxy) is 1. The third-order valence-electron chi connectivity index (χ3n) is 1.97. The number of hydrogen-bond donors (Lipinski definition) is 1. The molecule has 80 valence electrons. The van der Waals surface area contributed by atoms with Crippen LogP contribution >= 0.6 is 0 Å². The lowest BCUT2D eigenvalue weighted by Gasteiger charge is -2.08. The Morgan fingerprint density at radius 3 is 2.71 bits per heavy atom. The van der Waals surface area contributed by atoms with Crippen molar-refractivity contribution in [3.63, 3.8) is 0 Å². The predicted molar refractivity (Wildman–Crippen MR) is 51.6 cm³/mol. The van der Waals surface area contributed by atoms with Gasteiger partial charge in [-0.15, -0.1) is 0 Å². The zero-order valence-corrected chi connectivity index (χ0v) is 8.86. The van der Waals surface area contributed by atoms with Gasteiger partial charge in [0.1, 0.15) is 6.10 Å². The first kappa shape index (κ1) is 11.1. The highest BCUT2D eigenvalue weighted by atomic mass is 16.5. The fourth-order valence-corrected chi connectivity index (χ4v) is 1.18. The van der Waals surface area contributed by atoms with E-state index in [4.69, 9.17) is 15.0 Å². The third kappa shape index (κ3) is 2.52. The molecule has 0 aliphatic rings. The van der Waals surface area contributed by atoms with Gasteiger partial charge < -0.3 is 15.0 Å². The van der Waals surface area contributed by atoms with Crippen LogP contribution in [-0.2, 0) is 4.74 Å². The topological polar surface area (TPSA) is 74.2 Å².